The SMILES string of the molecule is CCCCN(CCCC)c1cccc2c1Nc1ccccc1S2.I[I-]I. The Morgan fingerprint density at radius 1 is 0.923 bits per heavy atom. The Labute approximate surface area is 192 Å². The molecule has 0 unspecified atom stereocenters. The van der Waals surface area contributed by atoms with Crippen molar-refractivity contribution in [3.8, 4) is 0 Å². The molecular weight excluding hydrogens is 681 g/mol. The Morgan fingerprint density at radius 2 is 1.54 bits per heavy atom. The van der Waals surface area contributed by atoms with Crippen LogP contribution in [0.25, 0.3) is 0 Å². The van der Waals surface area contributed by atoms with E-state index in [1.54, 1.807) is 0 Å². The molecule has 0 amide bonds. The van der Waals surface area contributed by atoms with Crippen LogP contribution < -0.4 is 23.5 Å². The van der Waals surface area contributed by atoms with Crippen LogP contribution >= 0.6 is 49.0 Å². The monoisotopic (exact) mass is 707 g/mol. The fourth-order valence-corrected chi connectivity index (χ4v) is 3.97. The van der Waals surface area contributed by atoms with Crippen molar-refractivity contribution in [1.29, 1.82) is 0 Å². The summed E-state index contributed by atoms with van der Waals surface area (Å²) in [7, 11) is 0. The van der Waals surface area contributed by atoms with Gasteiger partial charge in [-0.15, -0.1) is 0 Å². The molecule has 1 N–H and O–H groups in total. The standard InChI is InChI=1S/C20H26N2S.I3/c1-3-5-14-22(15-6-4-2)17-11-9-13-19-20(17)21-16-10-7-8-12-18(16)23-19;1-3-2/h7-13,21H,3-6,14-15H2,1-2H3;/q;-1. The van der Waals surface area contributed by atoms with Crippen molar-refractivity contribution >= 4 is 66.1 Å². The summed E-state index contributed by atoms with van der Waals surface area (Å²) in [6, 6.07) is 15.3. The summed E-state index contributed by atoms with van der Waals surface area (Å²) in [5.41, 5.74) is 3.86. The minimum absolute atomic E-state index is 0.530. The number of hydrogen-bond acceptors (Lipinski definition) is 3. The first kappa shape index (κ1) is 22.9. The summed E-state index contributed by atoms with van der Waals surface area (Å²) < 4.78 is 0. The Morgan fingerprint density at radius 3 is 2.19 bits per heavy atom. The van der Waals surface area contributed by atoms with Gasteiger partial charge in [-0.25, -0.2) is 0 Å². The molecule has 1 heterocycles. The molecule has 26 heavy (non-hydrogen) atoms. The van der Waals surface area contributed by atoms with Crippen molar-refractivity contribution in [3.63, 3.8) is 0 Å². The second-order valence-electron chi connectivity index (χ2n) is 6.12. The second kappa shape index (κ2) is 12.9. The van der Waals surface area contributed by atoms with Crippen LogP contribution in [0.4, 0.5) is 17.1 Å². The fraction of sp³-hybridized carbons (Fsp3) is 0.400. The van der Waals surface area contributed by atoms with Gasteiger partial charge in [0.2, 0.25) is 0 Å². The molecule has 0 spiro atoms. The van der Waals surface area contributed by atoms with Gasteiger partial charge in [0.1, 0.15) is 0 Å². The molecule has 1 aliphatic rings. The average molecular weight is 707 g/mol. The predicted octanol–water partition coefficient (Wildman–Crippen LogP) is 5.08. The molecule has 1 aliphatic heterocycles. The molecule has 0 atom stereocenters. The molecular formula is C20H26I3N2S-. The third-order valence-electron chi connectivity index (χ3n) is 4.27. The third-order valence-corrected chi connectivity index (χ3v) is 5.41. The van der Waals surface area contributed by atoms with E-state index in [1.165, 1.54) is 52.5 Å². The number of benzene rings is 2. The summed E-state index contributed by atoms with van der Waals surface area (Å²) in [5, 5.41) is 3.68. The first-order valence-electron chi connectivity index (χ1n) is 9.04. The van der Waals surface area contributed by atoms with Crippen molar-refractivity contribution in [1.82, 2.24) is 0 Å². The van der Waals surface area contributed by atoms with Gasteiger partial charge in [0.05, 0.1) is 17.1 Å². The zero-order valence-electron chi connectivity index (χ0n) is 15.3. The number of anilines is 3. The van der Waals surface area contributed by atoms with Crippen molar-refractivity contribution in [2.45, 2.75) is 49.3 Å². The first-order valence-corrected chi connectivity index (χ1v) is 22.4. The van der Waals surface area contributed by atoms with Crippen LogP contribution in [0.5, 0.6) is 0 Å². The summed E-state index contributed by atoms with van der Waals surface area (Å²) in [6.45, 7) is 6.81. The van der Waals surface area contributed by atoms with Crippen molar-refractivity contribution in [3.05, 3.63) is 42.5 Å². The van der Waals surface area contributed by atoms with Crippen LogP contribution in [0, 0.1) is 0 Å². The Hall–Kier alpha value is 0.580. The van der Waals surface area contributed by atoms with Crippen molar-refractivity contribution in [2.75, 3.05) is 23.3 Å². The Bertz CT molecular complexity index is 674. The van der Waals surface area contributed by atoms with E-state index < -0.39 is 0 Å². The summed E-state index contributed by atoms with van der Waals surface area (Å²) in [6.07, 6.45) is 4.97. The average Bonchev–Trinajstić information content (AvgIpc) is 2.67. The molecule has 0 aliphatic carbocycles. The van der Waals surface area contributed by atoms with Gasteiger partial charge in [-0.1, -0.05) is 56.7 Å². The molecule has 2 aromatic rings. The molecule has 0 saturated heterocycles. The van der Waals surface area contributed by atoms with Gasteiger partial charge >= 0.3 is 50.5 Å². The number of fused-ring (bicyclic) bond motifs is 2. The molecule has 0 radical (unpaired) electrons. The third kappa shape index (κ3) is 6.58. The number of unbranched alkanes of at least 4 members (excludes halogenated alkanes) is 2. The number of hydrogen-bond donors (Lipinski definition) is 1. The second-order valence-corrected chi connectivity index (χ2v) is 23.5. The fourth-order valence-electron chi connectivity index (χ4n) is 2.96. The number of nitrogens with zero attached hydrogens (tertiary/aromatic N) is 1. The number of rotatable bonds is 7. The van der Waals surface area contributed by atoms with E-state index in [9.17, 15) is 0 Å². The van der Waals surface area contributed by atoms with E-state index in [-0.39, 0.29) is 0 Å². The number of nitrogens with one attached hydrogen (secondary N) is 1. The topological polar surface area (TPSA) is 15.3 Å². The molecule has 0 bridgehead atoms. The maximum absolute atomic E-state index is 3.68. The molecule has 0 fully saturated rings. The normalized spacial score (nSPS) is 11.7. The van der Waals surface area contributed by atoms with Gasteiger partial charge in [0.25, 0.3) is 0 Å². The van der Waals surface area contributed by atoms with Gasteiger partial charge in [-0.2, -0.15) is 0 Å². The van der Waals surface area contributed by atoms with Crippen molar-refractivity contribution < 1.29 is 13.3 Å². The number of halogens is 3. The zero-order valence-corrected chi connectivity index (χ0v) is 22.6. The van der Waals surface area contributed by atoms with Gasteiger partial charge in [-0.05, 0) is 37.1 Å². The summed E-state index contributed by atoms with van der Waals surface area (Å²) in [4.78, 5) is 5.21. The minimum atomic E-state index is 0.530. The quantitative estimate of drug-likeness (QED) is 0.346. The molecule has 6 heteroatoms. The van der Waals surface area contributed by atoms with Gasteiger partial charge in [-0.3, -0.25) is 0 Å². The van der Waals surface area contributed by atoms with E-state index >= 15 is 0 Å². The molecule has 2 nitrogen and oxygen atoms in total. The van der Waals surface area contributed by atoms with Crippen LogP contribution in [-0.2, 0) is 0 Å². The van der Waals surface area contributed by atoms with E-state index in [1.807, 2.05) is 11.8 Å². The van der Waals surface area contributed by atoms with Crippen molar-refractivity contribution in [2.24, 2.45) is 0 Å². The zero-order chi connectivity index (χ0) is 18.8. The molecule has 2 aromatic carbocycles. The van der Waals surface area contributed by atoms with E-state index in [0.717, 1.165) is 13.1 Å². The Balaban J connectivity index is 0.000000758. The first-order chi connectivity index (χ1) is 12.7. The van der Waals surface area contributed by atoms with E-state index in [2.05, 4.69) is 104 Å². The molecule has 3 rings (SSSR count). The van der Waals surface area contributed by atoms with Gasteiger partial charge in [0.15, 0.2) is 0 Å². The van der Waals surface area contributed by atoms with Crippen LogP contribution in [0.3, 0.4) is 0 Å². The van der Waals surface area contributed by atoms with Crippen LogP contribution in [-0.4, -0.2) is 13.1 Å². The predicted molar refractivity (Wildman–Crippen MR) is 130 cm³/mol. The summed E-state index contributed by atoms with van der Waals surface area (Å²) in [5.74, 6) is 0. The van der Waals surface area contributed by atoms with Crippen LogP contribution in [0.2, 0.25) is 0 Å². The van der Waals surface area contributed by atoms with E-state index in [0.29, 0.717) is 13.3 Å². The maximum atomic E-state index is 3.68. The van der Waals surface area contributed by atoms with Crippen LogP contribution in [0.1, 0.15) is 39.5 Å². The molecule has 0 saturated carbocycles. The Kier molecular flexibility index (Phi) is 11.4. The number of para-hydroxylation sites is 2. The van der Waals surface area contributed by atoms with Gasteiger partial charge < -0.3 is 10.2 Å². The molecule has 0 aromatic heterocycles. The van der Waals surface area contributed by atoms with E-state index in [4.69, 9.17) is 0 Å². The molecule has 144 valence electrons. The van der Waals surface area contributed by atoms with Gasteiger partial charge in [0, 0.05) is 22.9 Å². The van der Waals surface area contributed by atoms with Crippen LogP contribution in [0.15, 0.2) is 52.3 Å². The summed E-state index contributed by atoms with van der Waals surface area (Å²) >= 11 is 7.17.